The van der Waals surface area contributed by atoms with Crippen molar-refractivity contribution in [1.29, 1.82) is 0 Å². The maximum atomic E-state index is 12.6. The van der Waals surface area contributed by atoms with Crippen LogP contribution in [0.5, 0.6) is 0 Å². The Bertz CT molecular complexity index is 842. The number of benzene rings is 1. The number of carbonyl (C=O) groups excluding carboxylic acids is 1. The van der Waals surface area contributed by atoms with Crippen LogP contribution in [-0.4, -0.2) is 48.1 Å². The highest BCUT2D eigenvalue weighted by atomic mass is 16.5. The zero-order valence-electron chi connectivity index (χ0n) is 16.9. The van der Waals surface area contributed by atoms with Gasteiger partial charge in [-0.2, -0.15) is 0 Å². The summed E-state index contributed by atoms with van der Waals surface area (Å²) >= 11 is 0. The van der Waals surface area contributed by atoms with E-state index in [1.54, 1.807) is 7.05 Å². The van der Waals surface area contributed by atoms with Gasteiger partial charge in [0.25, 0.3) is 0 Å². The quantitative estimate of drug-likeness (QED) is 0.601. The molecule has 1 aromatic carbocycles. The Kier molecular flexibility index (Phi) is 6.12. The van der Waals surface area contributed by atoms with E-state index < -0.39 is 0 Å². The summed E-state index contributed by atoms with van der Waals surface area (Å²) in [5.41, 5.74) is 1.82. The molecule has 7 heteroatoms. The number of hydrogen-bond acceptors (Lipinski definition) is 4. The zero-order chi connectivity index (χ0) is 20.1. The van der Waals surface area contributed by atoms with E-state index in [9.17, 15) is 4.79 Å². The van der Waals surface area contributed by atoms with Gasteiger partial charge in [-0.25, -0.2) is 0 Å². The molecule has 1 saturated carbocycles. The minimum absolute atomic E-state index is 0.226. The predicted molar refractivity (Wildman–Crippen MR) is 112 cm³/mol. The lowest BCUT2D eigenvalue weighted by atomic mass is 10.1. The molecule has 0 radical (unpaired) electrons. The SMILES string of the molecule is CN=C(NCc1cc(-c2ccccc2)on1)NC1CCN(C(=O)C2CCCC2)C1. The monoisotopic (exact) mass is 395 g/mol. The summed E-state index contributed by atoms with van der Waals surface area (Å²) in [5, 5.41) is 10.9. The lowest BCUT2D eigenvalue weighted by Gasteiger charge is -2.21. The summed E-state index contributed by atoms with van der Waals surface area (Å²) in [6, 6.07) is 12.1. The molecule has 154 valence electrons. The van der Waals surface area contributed by atoms with E-state index in [0.717, 1.165) is 55.3 Å². The van der Waals surface area contributed by atoms with E-state index in [-0.39, 0.29) is 12.0 Å². The standard InChI is InChI=1S/C22H29N5O2/c1-23-22(24-14-19-13-20(29-26-19)16-7-3-2-4-8-16)25-18-11-12-27(15-18)21(28)17-9-5-6-10-17/h2-4,7-8,13,17-18H,5-6,9-12,14-15H2,1H3,(H2,23,24,25). The Morgan fingerprint density at radius 2 is 2.03 bits per heavy atom. The molecule has 1 amide bonds. The number of aliphatic imine (C=N–C) groups is 1. The number of carbonyl (C=O) groups is 1. The molecule has 2 aliphatic rings. The van der Waals surface area contributed by atoms with Crippen molar-refractivity contribution in [2.24, 2.45) is 10.9 Å². The second-order valence-electron chi connectivity index (χ2n) is 7.87. The van der Waals surface area contributed by atoms with Gasteiger partial charge in [0.15, 0.2) is 11.7 Å². The molecular weight excluding hydrogens is 366 g/mol. The first-order valence-electron chi connectivity index (χ1n) is 10.5. The van der Waals surface area contributed by atoms with Crippen LogP contribution in [0.25, 0.3) is 11.3 Å². The summed E-state index contributed by atoms with van der Waals surface area (Å²) in [5.74, 6) is 2.06. The average Bonchev–Trinajstić information content (AvgIpc) is 3.53. The minimum Gasteiger partial charge on any atom is -0.356 e. The van der Waals surface area contributed by atoms with Crippen molar-refractivity contribution >= 4 is 11.9 Å². The first-order chi connectivity index (χ1) is 14.2. The van der Waals surface area contributed by atoms with Crippen LogP contribution < -0.4 is 10.6 Å². The topological polar surface area (TPSA) is 82.8 Å². The molecule has 1 saturated heterocycles. The first-order valence-corrected chi connectivity index (χ1v) is 10.5. The number of likely N-dealkylation sites (tertiary alicyclic amines) is 1. The summed E-state index contributed by atoms with van der Waals surface area (Å²) in [6.07, 6.45) is 5.44. The van der Waals surface area contributed by atoms with Crippen molar-refractivity contribution in [1.82, 2.24) is 20.7 Å². The molecule has 29 heavy (non-hydrogen) atoms. The van der Waals surface area contributed by atoms with Crippen molar-refractivity contribution in [3.63, 3.8) is 0 Å². The molecule has 0 spiro atoms. The molecule has 2 heterocycles. The Hall–Kier alpha value is -2.83. The Labute approximate surface area is 171 Å². The molecule has 1 aromatic heterocycles. The number of amides is 1. The fourth-order valence-corrected chi connectivity index (χ4v) is 4.21. The third-order valence-corrected chi connectivity index (χ3v) is 5.82. The second-order valence-corrected chi connectivity index (χ2v) is 7.87. The number of aromatic nitrogens is 1. The van der Waals surface area contributed by atoms with E-state index in [1.807, 2.05) is 41.3 Å². The highest BCUT2D eigenvalue weighted by molar-refractivity contribution is 5.81. The number of hydrogen-bond donors (Lipinski definition) is 2. The van der Waals surface area contributed by atoms with E-state index in [4.69, 9.17) is 4.52 Å². The van der Waals surface area contributed by atoms with Crippen LogP contribution in [0.4, 0.5) is 0 Å². The largest absolute Gasteiger partial charge is 0.356 e. The highest BCUT2D eigenvalue weighted by Crippen LogP contribution is 2.27. The zero-order valence-corrected chi connectivity index (χ0v) is 16.9. The average molecular weight is 396 g/mol. The number of guanidine groups is 1. The van der Waals surface area contributed by atoms with Crippen molar-refractivity contribution in [2.45, 2.75) is 44.7 Å². The Morgan fingerprint density at radius 3 is 2.79 bits per heavy atom. The number of rotatable bonds is 5. The van der Waals surface area contributed by atoms with E-state index in [1.165, 1.54) is 12.8 Å². The summed E-state index contributed by atoms with van der Waals surface area (Å²) in [4.78, 5) is 18.9. The van der Waals surface area contributed by atoms with Gasteiger partial charge in [-0.1, -0.05) is 48.3 Å². The van der Waals surface area contributed by atoms with Crippen molar-refractivity contribution in [3.05, 3.63) is 42.1 Å². The van der Waals surface area contributed by atoms with E-state index >= 15 is 0 Å². The van der Waals surface area contributed by atoms with Crippen LogP contribution in [0, 0.1) is 5.92 Å². The molecule has 1 unspecified atom stereocenters. The van der Waals surface area contributed by atoms with Gasteiger partial charge in [0.2, 0.25) is 5.91 Å². The van der Waals surface area contributed by atoms with Gasteiger partial charge in [-0.3, -0.25) is 9.79 Å². The first kappa shape index (κ1) is 19.5. The van der Waals surface area contributed by atoms with Crippen LogP contribution in [0.3, 0.4) is 0 Å². The summed E-state index contributed by atoms with van der Waals surface area (Å²) in [7, 11) is 1.75. The van der Waals surface area contributed by atoms with E-state index in [0.29, 0.717) is 12.5 Å². The molecule has 1 aliphatic carbocycles. The normalized spacial score (nSPS) is 20.2. The van der Waals surface area contributed by atoms with Gasteiger partial charge in [-0.15, -0.1) is 0 Å². The molecule has 2 N–H and O–H groups in total. The van der Waals surface area contributed by atoms with Crippen LogP contribution >= 0.6 is 0 Å². The van der Waals surface area contributed by atoms with Crippen LogP contribution in [0.15, 0.2) is 45.9 Å². The fourth-order valence-electron chi connectivity index (χ4n) is 4.21. The smallest absolute Gasteiger partial charge is 0.225 e. The maximum Gasteiger partial charge on any atom is 0.225 e. The fraction of sp³-hybridized carbons (Fsp3) is 0.500. The Morgan fingerprint density at radius 1 is 1.24 bits per heavy atom. The van der Waals surface area contributed by atoms with Crippen molar-refractivity contribution in [3.8, 4) is 11.3 Å². The van der Waals surface area contributed by atoms with Crippen molar-refractivity contribution < 1.29 is 9.32 Å². The van der Waals surface area contributed by atoms with Gasteiger partial charge in [0.05, 0.1) is 6.54 Å². The molecule has 1 aliphatic heterocycles. The van der Waals surface area contributed by atoms with Gasteiger partial charge in [0, 0.05) is 43.7 Å². The van der Waals surface area contributed by atoms with Crippen molar-refractivity contribution in [2.75, 3.05) is 20.1 Å². The molecule has 1 atom stereocenters. The Balaban J connectivity index is 1.26. The number of nitrogens with zero attached hydrogens (tertiary/aromatic N) is 3. The summed E-state index contributed by atoms with van der Waals surface area (Å²) < 4.78 is 5.44. The third-order valence-electron chi connectivity index (χ3n) is 5.82. The molecule has 4 rings (SSSR count). The molecule has 2 fully saturated rings. The van der Waals surface area contributed by atoms with Gasteiger partial charge in [-0.05, 0) is 19.3 Å². The second kappa shape index (κ2) is 9.11. The lowest BCUT2D eigenvalue weighted by molar-refractivity contribution is -0.134. The molecule has 2 aromatic rings. The van der Waals surface area contributed by atoms with Crippen LogP contribution in [0.2, 0.25) is 0 Å². The van der Waals surface area contributed by atoms with Gasteiger partial charge in [0.1, 0.15) is 5.69 Å². The molecular formula is C22H29N5O2. The summed E-state index contributed by atoms with van der Waals surface area (Å²) in [6.45, 7) is 2.10. The molecule has 7 nitrogen and oxygen atoms in total. The van der Waals surface area contributed by atoms with Crippen LogP contribution in [-0.2, 0) is 11.3 Å². The van der Waals surface area contributed by atoms with Gasteiger partial charge < -0.3 is 20.1 Å². The lowest BCUT2D eigenvalue weighted by Crippen LogP contribution is -2.45. The molecule has 0 bridgehead atoms. The van der Waals surface area contributed by atoms with E-state index in [2.05, 4.69) is 20.8 Å². The van der Waals surface area contributed by atoms with Crippen LogP contribution in [0.1, 0.15) is 37.8 Å². The van der Waals surface area contributed by atoms with Gasteiger partial charge >= 0.3 is 0 Å². The predicted octanol–water partition coefficient (Wildman–Crippen LogP) is 2.80. The highest BCUT2D eigenvalue weighted by Gasteiger charge is 2.32. The number of nitrogens with one attached hydrogen (secondary N) is 2. The maximum absolute atomic E-state index is 12.6. The third kappa shape index (κ3) is 4.78. The minimum atomic E-state index is 0.226.